The molecule has 30 heavy (non-hydrogen) atoms. The molecule has 0 spiro atoms. The highest BCUT2D eigenvalue weighted by Gasteiger charge is 2.33. The van der Waals surface area contributed by atoms with E-state index in [0.29, 0.717) is 12.7 Å². The summed E-state index contributed by atoms with van der Waals surface area (Å²) in [5.41, 5.74) is 10.7. The lowest BCUT2D eigenvalue weighted by Crippen LogP contribution is -2.60. The van der Waals surface area contributed by atoms with Gasteiger partial charge in [-0.15, -0.1) is 0 Å². The maximum Gasteiger partial charge on any atom is 0.243 e. The number of rotatable bonds is 13. The van der Waals surface area contributed by atoms with Crippen molar-refractivity contribution in [1.82, 2.24) is 16.0 Å². The number of amides is 4. The van der Waals surface area contributed by atoms with Gasteiger partial charge in [0.1, 0.15) is 24.4 Å². The van der Waals surface area contributed by atoms with Crippen LogP contribution in [0.3, 0.4) is 0 Å². The Morgan fingerprint density at radius 3 is 1.83 bits per heavy atom. The summed E-state index contributed by atoms with van der Waals surface area (Å²) >= 11 is 0. The minimum atomic E-state index is -1.20. The third-order valence-electron chi connectivity index (χ3n) is 4.77. The van der Waals surface area contributed by atoms with Gasteiger partial charge in [-0.2, -0.15) is 0 Å². The first-order valence-corrected chi connectivity index (χ1v) is 9.93. The lowest BCUT2D eigenvalue weighted by atomic mass is 9.96. The molecule has 0 aromatic carbocycles. The lowest BCUT2D eigenvalue weighted by Gasteiger charge is -2.29. The molecule has 0 rings (SSSR count). The van der Waals surface area contributed by atoms with Crippen LogP contribution in [0.25, 0.3) is 0 Å². The van der Waals surface area contributed by atoms with Crippen LogP contribution in [0.15, 0.2) is 0 Å². The highest BCUT2D eigenvalue weighted by molar-refractivity contribution is 5.94. The fourth-order valence-electron chi connectivity index (χ4n) is 2.57. The molecule has 0 radical (unpaired) electrons. The second-order valence-corrected chi connectivity index (χ2v) is 7.79. The van der Waals surface area contributed by atoms with Crippen LogP contribution in [0.2, 0.25) is 0 Å². The summed E-state index contributed by atoms with van der Waals surface area (Å²) in [6.07, 6.45) is -0.528. The van der Waals surface area contributed by atoms with Crippen molar-refractivity contribution in [2.24, 2.45) is 23.3 Å². The van der Waals surface area contributed by atoms with Crippen molar-refractivity contribution < 1.29 is 29.1 Å². The van der Waals surface area contributed by atoms with Gasteiger partial charge in [-0.1, -0.05) is 34.1 Å². The van der Waals surface area contributed by atoms with Crippen molar-refractivity contribution in [2.45, 2.75) is 77.7 Å². The molecular formula is C19H35N5O6. The second kappa shape index (κ2) is 12.9. The summed E-state index contributed by atoms with van der Waals surface area (Å²) < 4.78 is 0. The minimum absolute atomic E-state index is 0.300. The van der Waals surface area contributed by atoms with Crippen molar-refractivity contribution in [3.63, 3.8) is 0 Å². The standard InChI is InChI=1S/C19H35N5O6/c1-6-10(4)16(24-17(28)12(20)7-14(21)27)19(30)23-15(9(2)3)18(29)22-13(8-25)11(5)26/h8-13,15-16,26H,6-7,20H2,1-5H3,(H2,21,27)(H,22,29)(H,23,30)(H,24,28)/t10-,11+,12-,13+,15-,16-/m0/s1. The lowest BCUT2D eigenvalue weighted by molar-refractivity contribution is -0.135. The third-order valence-corrected chi connectivity index (χ3v) is 4.77. The molecule has 6 atom stereocenters. The number of nitrogens with two attached hydrogens (primary N) is 2. The Bertz CT molecular complexity index is 625. The quantitative estimate of drug-likeness (QED) is 0.181. The highest BCUT2D eigenvalue weighted by Crippen LogP contribution is 2.11. The van der Waals surface area contributed by atoms with Crippen LogP contribution in [-0.4, -0.2) is 65.3 Å². The van der Waals surface area contributed by atoms with E-state index in [-0.39, 0.29) is 18.3 Å². The Kier molecular flexibility index (Phi) is 11.8. The van der Waals surface area contributed by atoms with Crippen molar-refractivity contribution in [3.05, 3.63) is 0 Å². The summed E-state index contributed by atoms with van der Waals surface area (Å²) in [4.78, 5) is 59.7. The van der Waals surface area contributed by atoms with E-state index in [0.717, 1.165) is 0 Å². The Morgan fingerprint density at radius 2 is 1.43 bits per heavy atom. The van der Waals surface area contributed by atoms with E-state index in [1.807, 2.05) is 6.92 Å². The Balaban J connectivity index is 5.41. The molecule has 0 heterocycles. The Hall–Kier alpha value is -2.53. The van der Waals surface area contributed by atoms with Crippen LogP contribution < -0.4 is 27.4 Å². The SMILES string of the molecule is CC[C@H](C)[C@H](NC(=O)[C@@H](N)CC(N)=O)C(=O)N[C@H](C(=O)N[C@H](C=O)[C@@H](C)O)C(C)C. The summed E-state index contributed by atoms with van der Waals surface area (Å²) in [5.74, 6) is -3.36. The van der Waals surface area contributed by atoms with Gasteiger partial charge >= 0.3 is 0 Å². The summed E-state index contributed by atoms with van der Waals surface area (Å²) in [7, 11) is 0. The first-order valence-electron chi connectivity index (χ1n) is 9.93. The van der Waals surface area contributed by atoms with Gasteiger partial charge in [0, 0.05) is 0 Å². The maximum absolute atomic E-state index is 12.9. The molecule has 0 bridgehead atoms. The number of nitrogens with one attached hydrogen (secondary N) is 3. The van der Waals surface area contributed by atoms with Gasteiger partial charge in [0.25, 0.3) is 0 Å². The fourth-order valence-corrected chi connectivity index (χ4v) is 2.57. The van der Waals surface area contributed by atoms with Crippen LogP contribution >= 0.6 is 0 Å². The zero-order valence-electron chi connectivity index (χ0n) is 18.2. The van der Waals surface area contributed by atoms with Crippen LogP contribution in [0.1, 0.15) is 47.5 Å². The molecule has 172 valence electrons. The molecular weight excluding hydrogens is 394 g/mol. The van der Waals surface area contributed by atoms with Gasteiger partial charge < -0.3 is 37.3 Å². The molecule has 0 aliphatic rings. The van der Waals surface area contributed by atoms with Gasteiger partial charge in [0.2, 0.25) is 23.6 Å². The molecule has 8 N–H and O–H groups in total. The van der Waals surface area contributed by atoms with E-state index in [4.69, 9.17) is 11.5 Å². The minimum Gasteiger partial charge on any atom is -0.391 e. The topological polar surface area (TPSA) is 194 Å². The van der Waals surface area contributed by atoms with Crippen molar-refractivity contribution in [3.8, 4) is 0 Å². The van der Waals surface area contributed by atoms with Gasteiger partial charge in [-0.25, -0.2) is 0 Å². The summed E-state index contributed by atoms with van der Waals surface area (Å²) in [6.45, 7) is 8.31. The molecule has 0 aliphatic carbocycles. The van der Waals surface area contributed by atoms with Crippen molar-refractivity contribution in [2.75, 3.05) is 0 Å². The molecule has 0 aromatic heterocycles. The van der Waals surface area contributed by atoms with E-state index in [1.165, 1.54) is 6.92 Å². The first-order chi connectivity index (χ1) is 13.8. The zero-order chi connectivity index (χ0) is 23.6. The Labute approximate surface area is 176 Å². The van der Waals surface area contributed by atoms with Gasteiger partial charge in [0.05, 0.1) is 18.6 Å². The predicted molar refractivity (Wildman–Crippen MR) is 110 cm³/mol. The number of aliphatic hydroxyl groups is 1. The molecule has 0 aromatic rings. The Morgan fingerprint density at radius 1 is 0.933 bits per heavy atom. The van der Waals surface area contributed by atoms with E-state index < -0.39 is 53.9 Å². The molecule has 0 fully saturated rings. The average molecular weight is 430 g/mol. The average Bonchev–Trinajstić information content (AvgIpc) is 2.65. The number of carbonyl (C=O) groups is 5. The van der Waals surface area contributed by atoms with E-state index in [9.17, 15) is 29.1 Å². The van der Waals surface area contributed by atoms with Crippen LogP contribution in [0.5, 0.6) is 0 Å². The van der Waals surface area contributed by atoms with E-state index >= 15 is 0 Å². The smallest absolute Gasteiger partial charge is 0.243 e. The molecule has 0 unspecified atom stereocenters. The van der Waals surface area contributed by atoms with E-state index in [1.54, 1.807) is 20.8 Å². The molecule has 4 amide bonds. The number of aldehydes is 1. The molecule has 0 saturated carbocycles. The highest BCUT2D eigenvalue weighted by atomic mass is 16.3. The summed E-state index contributed by atoms with van der Waals surface area (Å²) in [5, 5.41) is 17.0. The monoisotopic (exact) mass is 429 g/mol. The van der Waals surface area contributed by atoms with Crippen molar-refractivity contribution >= 4 is 29.9 Å². The fraction of sp³-hybridized carbons (Fsp3) is 0.737. The van der Waals surface area contributed by atoms with Crippen LogP contribution in [-0.2, 0) is 24.0 Å². The van der Waals surface area contributed by atoms with Gasteiger partial charge in [-0.05, 0) is 18.8 Å². The largest absolute Gasteiger partial charge is 0.391 e. The molecule has 11 heteroatoms. The number of primary amides is 1. The third kappa shape index (κ3) is 8.87. The van der Waals surface area contributed by atoms with Crippen LogP contribution in [0.4, 0.5) is 0 Å². The van der Waals surface area contributed by atoms with Crippen molar-refractivity contribution in [1.29, 1.82) is 0 Å². The van der Waals surface area contributed by atoms with E-state index in [2.05, 4.69) is 16.0 Å². The number of aliphatic hydroxyl groups excluding tert-OH is 1. The predicted octanol–water partition coefficient (Wildman–Crippen LogP) is -2.07. The maximum atomic E-state index is 12.9. The van der Waals surface area contributed by atoms with Crippen LogP contribution in [0, 0.1) is 11.8 Å². The first kappa shape index (κ1) is 27.5. The summed E-state index contributed by atoms with van der Waals surface area (Å²) in [6, 6.07) is -4.34. The number of carbonyl (C=O) groups excluding carboxylic acids is 5. The number of hydrogen-bond acceptors (Lipinski definition) is 7. The zero-order valence-corrected chi connectivity index (χ0v) is 18.2. The molecule has 0 saturated heterocycles. The molecule has 11 nitrogen and oxygen atoms in total. The molecule has 0 aliphatic heterocycles. The normalized spacial score (nSPS) is 17.1. The van der Waals surface area contributed by atoms with Gasteiger partial charge in [0.15, 0.2) is 0 Å². The number of hydrogen-bond donors (Lipinski definition) is 6. The second-order valence-electron chi connectivity index (χ2n) is 7.79. The van der Waals surface area contributed by atoms with Gasteiger partial charge in [-0.3, -0.25) is 19.2 Å².